The normalized spacial score (nSPS) is 15.3. The van der Waals surface area contributed by atoms with Crippen LogP contribution in [-0.2, 0) is 14.4 Å². The molecule has 7 nitrogen and oxygen atoms in total. The van der Waals surface area contributed by atoms with E-state index in [0.29, 0.717) is 43.4 Å². The van der Waals surface area contributed by atoms with E-state index in [1.807, 2.05) is 0 Å². The summed E-state index contributed by atoms with van der Waals surface area (Å²) in [5.41, 5.74) is 0. The molecule has 246 valence electrons. The zero-order valence-electron chi connectivity index (χ0n) is 27.6. The number of unbranched alkanes of at least 4 members (excludes halogenated alkanes) is 14. The van der Waals surface area contributed by atoms with Gasteiger partial charge >= 0.3 is 11.9 Å². The minimum Gasteiger partial charge on any atom is -0.550 e. The van der Waals surface area contributed by atoms with Crippen molar-refractivity contribution in [2.45, 2.75) is 150 Å². The van der Waals surface area contributed by atoms with Crippen molar-refractivity contribution >= 4 is 17.9 Å². The molecule has 0 aliphatic carbocycles. The Labute approximate surface area is 257 Å². The van der Waals surface area contributed by atoms with Crippen molar-refractivity contribution in [3.63, 3.8) is 0 Å². The van der Waals surface area contributed by atoms with Crippen molar-refractivity contribution in [2.24, 2.45) is 17.8 Å². The molecule has 0 aromatic carbocycles. The number of carboxylic acid groups (broad SMARTS) is 3. The second-order valence-electron chi connectivity index (χ2n) is 12.9. The molecule has 3 unspecified atom stereocenters. The summed E-state index contributed by atoms with van der Waals surface area (Å²) in [4.78, 5) is 34.3. The summed E-state index contributed by atoms with van der Waals surface area (Å²) in [5, 5.41) is 30.2. The quantitative estimate of drug-likeness (QED) is 0.0501. The van der Waals surface area contributed by atoms with Crippen molar-refractivity contribution < 1.29 is 34.2 Å². The maximum Gasteiger partial charge on any atom is 0.306 e. The first kappa shape index (κ1) is 40.1. The van der Waals surface area contributed by atoms with Crippen LogP contribution in [0.5, 0.6) is 0 Å². The van der Waals surface area contributed by atoms with Gasteiger partial charge in [-0.3, -0.25) is 9.59 Å². The molecule has 0 radical (unpaired) electrons. The number of nitrogens with zero attached hydrogens (tertiary/aromatic N) is 1. The van der Waals surface area contributed by atoms with Gasteiger partial charge in [0, 0.05) is 31.1 Å². The number of carboxylic acids is 3. The molecule has 0 bridgehead atoms. The predicted molar refractivity (Wildman–Crippen MR) is 170 cm³/mol. The average molecular weight is 596 g/mol. The molecule has 0 saturated carbocycles. The number of quaternary nitrogens is 1. The SMILES string of the molecule is CCCCCCCCCCCCC/C=C/CCCCC[N+](CCC(C)C(=O)[O-])(CCC(C)C(=O)O)CCC(C)C(=O)O. The topological polar surface area (TPSA) is 115 Å². The molecule has 0 heterocycles. The maximum atomic E-state index is 11.5. The summed E-state index contributed by atoms with van der Waals surface area (Å²) < 4.78 is 0.571. The first-order valence-electron chi connectivity index (χ1n) is 17.2. The molecule has 0 aromatic rings. The van der Waals surface area contributed by atoms with E-state index < -0.39 is 35.7 Å². The fourth-order valence-corrected chi connectivity index (χ4v) is 5.49. The molecule has 0 spiro atoms. The van der Waals surface area contributed by atoms with E-state index in [1.54, 1.807) is 20.8 Å². The van der Waals surface area contributed by atoms with E-state index >= 15 is 0 Å². The summed E-state index contributed by atoms with van der Waals surface area (Å²) in [7, 11) is 0. The van der Waals surface area contributed by atoms with Crippen LogP contribution in [0.4, 0.5) is 0 Å². The zero-order chi connectivity index (χ0) is 31.6. The Morgan fingerprint density at radius 1 is 0.571 bits per heavy atom. The van der Waals surface area contributed by atoms with Gasteiger partial charge in [-0.15, -0.1) is 0 Å². The maximum absolute atomic E-state index is 11.5. The lowest BCUT2D eigenvalue weighted by atomic mass is 10.0. The highest BCUT2D eigenvalue weighted by molar-refractivity contribution is 5.69. The lowest BCUT2D eigenvalue weighted by Gasteiger charge is -2.41. The van der Waals surface area contributed by atoms with Crippen LogP contribution in [0.25, 0.3) is 0 Å². The van der Waals surface area contributed by atoms with E-state index in [2.05, 4.69) is 19.1 Å². The number of carbonyl (C=O) groups is 3. The molecule has 0 rings (SSSR count). The van der Waals surface area contributed by atoms with Crippen LogP contribution < -0.4 is 5.11 Å². The zero-order valence-corrected chi connectivity index (χ0v) is 27.6. The highest BCUT2D eigenvalue weighted by atomic mass is 16.4. The van der Waals surface area contributed by atoms with Crippen molar-refractivity contribution in [1.82, 2.24) is 0 Å². The average Bonchev–Trinajstić information content (AvgIpc) is 2.96. The molecule has 7 heteroatoms. The molecule has 0 fully saturated rings. The Bertz CT molecular complexity index is 677. The summed E-state index contributed by atoms with van der Waals surface area (Å²) in [6.45, 7) is 9.92. The molecule has 0 amide bonds. The summed E-state index contributed by atoms with van der Waals surface area (Å²) >= 11 is 0. The number of aliphatic carboxylic acids is 3. The fraction of sp³-hybridized carbons (Fsp3) is 0.857. The third kappa shape index (κ3) is 21.8. The van der Waals surface area contributed by atoms with Crippen molar-refractivity contribution in [1.29, 1.82) is 0 Å². The fourth-order valence-electron chi connectivity index (χ4n) is 5.49. The van der Waals surface area contributed by atoms with E-state index in [-0.39, 0.29) is 0 Å². The number of allylic oxidation sites excluding steroid dienone is 2. The lowest BCUT2D eigenvalue weighted by Crippen LogP contribution is -2.52. The summed E-state index contributed by atoms with van der Waals surface area (Å²) in [6, 6.07) is 0. The molecular formula is C35H65NO6. The molecule has 0 aromatic heterocycles. The van der Waals surface area contributed by atoms with Gasteiger partial charge < -0.3 is 24.6 Å². The van der Waals surface area contributed by atoms with Crippen molar-refractivity contribution in [2.75, 3.05) is 26.2 Å². The van der Waals surface area contributed by atoms with Crippen LogP contribution in [0.15, 0.2) is 12.2 Å². The molecule has 0 saturated heterocycles. The highest BCUT2D eigenvalue weighted by Crippen LogP contribution is 2.21. The standard InChI is InChI=1S/C35H65NO6/c1-5-6-7-8-9-10-11-12-13-14-15-16-17-18-19-20-21-22-26-36(27-23-30(2)33(37)38,28-24-31(3)34(39)40)29-25-32(4)35(41)42/h17-18,30-32H,5-16,19-29H2,1-4H3,(H2-,37,38,39,40,41,42)/b18-17+. The third-order valence-corrected chi connectivity index (χ3v) is 9.00. The van der Waals surface area contributed by atoms with Gasteiger partial charge in [0.2, 0.25) is 0 Å². The molecular weight excluding hydrogens is 530 g/mol. The van der Waals surface area contributed by atoms with E-state index in [4.69, 9.17) is 0 Å². The summed E-state index contributed by atoms with van der Waals surface area (Å²) in [6.07, 6.45) is 26.3. The largest absolute Gasteiger partial charge is 0.550 e. The van der Waals surface area contributed by atoms with E-state index in [0.717, 1.165) is 38.6 Å². The number of hydrogen-bond acceptors (Lipinski definition) is 4. The Morgan fingerprint density at radius 2 is 0.929 bits per heavy atom. The van der Waals surface area contributed by atoms with Gasteiger partial charge in [-0.25, -0.2) is 0 Å². The van der Waals surface area contributed by atoms with Crippen LogP contribution >= 0.6 is 0 Å². The molecule has 3 atom stereocenters. The lowest BCUT2D eigenvalue weighted by molar-refractivity contribution is -0.929. The Morgan fingerprint density at radius 3 is 1.31 bits per heavy atom. The molecule has 0 aliphatic rings. The minimum absolute atomic E-state index is 0.438. The predicted octanol–water partition coefficient (Wildman–Crippen LogP) is 7.62. The highest BCUT2D eigenvalue weighted by Gasteiger charge is 2.30. The van der Waals surface area contributed by atoms with Crippen LogP contribution in [0.1, 0.15) is 150 Å². The minimum atomic E-state index is -1.08. The Hall–Kier alpha value is -1.89. The van der Waals surface area contributed by atoms with Crippen molar-refractivity contribution in [3.05, 3.63) is 12.2 Å². The van der Waals surface area contributed by atoms with Crippen LogP contribution in [-0.4, -0.2) is 58.8 Å². The first-order valence-corrected chi connectivity index (χ1v) is 17.2. The molecule has 0 aliphatic heterocycles. The molecule has 42 heavy (non-hydrogen) atoms. The van der Waals surface area contributed by atoms with Crippen LogP contribution in [0.2, 0.25) is 0 Å². The number of carbonyl (C=O) groups excluding carboxylic acids is 1. The van der Waals surface area contributed by atoms with Gasteiger partial charge in [0.15, 0.2) is 0 Å². The van der Waals surface area contributed by atoms with Crippen LogP contribution in [0.3, 0.4) is 0 Å². The van der Waals surface area contributed by atoms with Gasteiger partial charge in [0.05, 0.1) is 38.0 Å². The van der Waals surface area contributed by atoms with Gasteiger partial charge in [-0.2, -0.15) is 0 Å². The van der Waals surface area contributed by atoms with E-state index in [1.165, 1.54) is 70.6 Å². The van der Waals surface area contributed by atoms with E-state index in [9.17, 15) is 29.7 Å². The van der Waals surface area contributed by atoms with Gasteiger partial charge in [0.1, 0.15) is 0 Å². The monoisotopic (exact) mass is 595 g/mol. The van der Waals surface area contributed by atoms with Crippen molar-refractivity contribution in [3.8, 4) is 0 Å². The third-order valence-electron chi connectivity index (χ3n) is 9.00. The van der Waals surface area contributed by atoms with Gasteiger partial charge in [-0.1, -0.05) is 104 Å². The Balaban J connectivity index is 4.57. The molecule has 2 N–H and O–H groups in total. The van der Waals surface area contributed by atoms with Gasteiger partial charge in [-0.05, 0) is 38.5 Å². The smallest absolute Gasteiger partial charge is 0.306 e. The van der Waals surface area contributed by atoms with Crippen LogP contribution in [0, 0.1) is 17.8 Å². The first-order chi connectivity index (χ1) is 20.0. The van der Waals surface area contributed by atoms with Gasteiger partial charge in [0.25, 0.3) is 0 Å². The number of hydrogen-bond donors (Lipinski definition) is 2. The second-order valence-corrected chi connectivity index (χ2v) is 12.9. The Kier molecular flexibility index (Phi) is 24.4. The number of rotatable bonds is 30. The second kappa shape index (κ2) is 25.6. The summed E-state index contributed by atoms with van der Waals surface area (Å²) in [5.74, 6) is -4.34.